The van der Waals surface area contributed by atoms with Crippen molar-refractivity contribution in [1.29, 1.82) is 0 Å². The van der Waals surface area contributed by atoms with E-state index in [9.17, 15) is 14.7 Å². The summed E-state index contributed by atoms with van der Waals surface area (Å²) in [5.41, 5.74) is 1.31. The van der Waals surface area contributed by atoms with Crippen molar-refractivity contribution < 1.29 is 28.9 Å². The lowest BCUT2D eigenvalue weighted by atomic mass is 10.1. The molecule has 8 heteroatoms. The fourth-order valence-corrected chi connectivity index (χ4v) is 2.59. The number of nitrogens with zero attached hydrogens (tertiary/aromatic N) is 1. The molecule has 154 valence electrons. The van der Waals surface area contributed by atoms with Crippen molar-refractivity contribution in [2.45, 2.75) is 0 Å². The largest absolute Gasteiger partial charge is 0.543 e. The number of carboxylic acids is 1. The highest BCUT2D eigenvalue weighted by Gasteiger charge is 2.18. The molecule has 0 aliphatic rings. The van der Waals surface area contributed by atoms with Crippen LogP contribution in [0.25, 0.3) is 6.08 Å². The molecule has 2 aromatic carbocycles. The maximum absolute atomic E-state index is 12.6. The van der Waals surface area contributed by atoms with Crippen molar-refractivity contribution in [2.75, 3.05) is 40.3 Å². The van der Waals surface area contributed by atoms with Crippen LogP contribution in [0.2, 0.25) is 0 Å². The zero-order chi connectivity index (χ0) is 21.6. The monoisotopic (exact) mass is 399 g/mol. The highest BCUT2D eigenvalue weighted by atomic mass is 16.5. The number of ether oxygens (including phenoxy) is 3. The molecular weight excluding hydrogens is 376 g/mol. The molecule has 1 amide bonds. The Morgan fingerprint density at radius 2 is 1.52 bits per heavy atom. The summed E-state index contributed by atoms with van der Waals surface area (Å²) in [7, 11) is 8.08. The molecule has 2 rings (SSSR count). The number of rotatable bonds is 8. The Bertz CT molecular complexity index is 894. The van der Waals surface area contributed by atoms with Crippen LogP contribution in [0.1, 0.15) is 15.9 Å². The van der Waals surface area contributed by atoms with Crippen LogP contribution >= 0.6 is 0 Å². The number of carbonyl (C=O) groups is 2. The molecular formula is C21H23N2O6-. The summed E-state index contributed by atoms with van der Waals surface area (Å²) in [5, 5.41) is 13.9. The molecule has 0 aromatic heterocycles. The van der Waals surface area contributed by atoms with E-state index in [1.807, 2.05) is 31.1 Å². The molecule has 0 unspecified atom stereocenters. The van der Waals surface area contributed by atoms with Crippen LogP contribution < -0.4 is 29.5 Å². The fraction of sp³-hybridized carbons (Fsp3) is 0.238. The highest BCUT2D eigenvalue weighted by Crippen LogP contribution is 2.38. The number of hydrogen-bond acceptors (Lipinski definition) is 7. The molecule has 0 aliphatic carbocycles. The summed E-state index contributed by atoms with van der Waals surface area (Å²) in [6, 6.07) is 10.00. The van der Waals surface area contributed by atoms with Crippen LogP contribution in [0.15, 0.2) is 42.1 Å². The smallest absolute Gasteiger partial charge is 0.255 e. The van der Waals surface area contributed by atoms with Gasteiger partial charge in [-0.15, -0.1) is 0 Å². The summed E-state index contributed by atoms with van der Waals surface area (Å²) >= 11 is 0. The van der Waals surface area contributed by atoms with E-state index < -0.39 is 11.9 Å². The van der Waals surface area contributed by atoms with Crippen molar-refractivity contribution in [1.82, 2.24) is 5.32 Å². The molecule has 0 heterocycles. The van der Waals surface area contributed by atoms with Gasteiger partial charge in [-0.05, 0) is 35.9 Å². The zero-order valence-electron chi connectivity index (χ0n) is 16.9. The number of anilines is 1. The Hall–Kier alpha value is -3.68. The first-order valence-electron chi connectivity index (χ1n) is 8.62. The third-order valence-electron chi connectivity index (χ3n) is 4.12. The molecule has 29 heavy (non-hydrogen) atoms. The van der Waals surface area contributed by atoms with Gasteiger partial charge in [0, 0.05) is 25.3 Å². The molecule has 0 radical (unpaired) electrons. The maximum atomic E-state index is 12.6. The van der Waals surface area contributed by atoms with Crippen molar-refractivity contribution in [2.24, 2.45) is 0 Å². The van der Waals surface area contributed by atoms with Crippen LogP contribution in [0.3, 0.4) is 0 Å². The second-order valence-corrected chi connectivity index (χ2v) is 6.20. The summed E-state index contributed by atoms with van der Waals surface area (Å²) in [5.74, 6) is -1.30. The molecule has 1 N–H and O–H groups in total. The Morgan fingerprint density at radius 1 is 0.966 bits per heavy atom. The highest BCUT2D eigenvalue weighted by molar-refractivity contribution is 6.02. The minimum Gasteiger partial charge on any atom is -0.543 e. The Morgan fingerprint density at radius 3 is 1.93 bits per heavy atom. The van der Waals surface area contributed by atoms with E-state index in [4.69, 9.17) is 14.2 Å². The molecule has 0 fully saturated rings. The van der Waals surface area contributed by atoms with Gasteiger partial charge >= 0.3 is 0 Å². The summed E-state index contributed by atoms with van der Waals surface area (Å²) in [6.07, 6.45) is 1.32. The van der Waals surface area contributed by atoms with E-state index >= 15 is 0 Å². The van der Waals surface area contributed by atoms with Gasteiger partial charge in [-0.1, -0.05) is 12.1 Å². The minimum atomic E-state index is -1.51. The number of nitrogens with one attached hydrogen (secondary N) is 1. The number of carboxylic acid groups (broad SMARTS) is 1. The standard InChI is InChI=1S/C21H24N2O6/c1-23(2)15-8-6-13(7-9-15)10-16(21(25)26)22-20(24)14-11-17(27-3)19(29-5)18(12-14)28-4/h6-12H,1-5H3,(H,22,24)(H,25,26)/p-1/b16-10-. The van der Waals surface area contributed by atoms with E-state index in [2.05, 4.69) is 5.32 Å². The second kappa shape index (κ2) is 9.50. The topological polar surface area (TPSA) is 100 Å². The average molecular weight is 399 g/mol. The van der Waals surface area contributed by atoms with E-state index in [0.29, 0.717) is 11.3 Å². The molecule has 0 aliphatic heterocycles. The summed E-state index contributed by atoms with van der Waals surface area (Å²) in [6.45, 7) is 0. The molecule has 8 nitrogen and oxygen atoms in total. The number of benzene rings is 2. The van der Waals surface area contributed by atoms with Crippen LogP contribution in [0.5, 0.6) is 17.2 Å². The van der Waals surface area contributed by atoms with E-state index in [1.54, 1.807) is 12.1 Å². The fourth-order valence-electron chi connectivity index (χ4n) is 2.59. The number of carbonyl (C=O) groups excluding carboxylic acids is 2. The third-order valence-corrected chi connectivity index (χ3v) is 4.12. The van der Waals surface area contributed by atoms with Crippen LogP contribution in [-0.2, 0) is 4.79 Å². The lowest BCUT2D eigenvalue weighted by molar-refractivity contribution is -0.299. The SMILES string of the molecule is COc1cc(C(=O)N/C(=C\c2ccc(N(C)C)cc2)C(=O)[O-])cc(OC)c1OC. The van der Waals surface area contributed by atoms with Crippen LogP contribution in [0, 0.1) is 0 Å². The first-order valence-corrected chi connectivity index (χ1v) is 8.62. The van der Waals surface area contributed by atoms with E-state index in [1.165, 1.54) is 39.5 Å². The van der Waals surface area contributed by atoms with Gasteiger partial charge in [0.25, 0.3) is 5.91 Å². The van der Waals surface area contributed by atoms with Gasteiger partial charge in [-0.25, -0.2) is 0 Å². The minimum absolute atomic E-state index is 0.134. The van der Waals surface area contributed by atoms with Gasteiger partial charge in [-0.2, -0.15) is 0 Å². The van der Waals surface area contributed by atoms with Gasteiger partial charge in [-0.3, -0.25) is 4.79 Å². The Kier molecular flexibility index (Phi) is 7.08. The number of methoxy groups -OCH3 is 3. The maximum Gasteiger partial charge on any atom is 0.255 e. The Balaban J connectivity index is 2.33. The van der Waals surface area contributed by atoms with Crippen molar-refractivity contribution in [3.8, 4) is 17.2 Å². The van der Waals surface area contributed by atoms with E-state index in [0.717, 1.165) is 5.69 Å². The molecule has 2 aromatic rings. The average Bonchev–Trinajstić information content (AvgIpc) is 2.72. The molecule has 0 spiro atoms. The van der Waals surface area contributed by atoms with Gasteiger partial charge in [0.15, 0.2) is 11.5 Å². The quantitative estimate of drug-likeness (QED) is 0.668. The van der Waals surface area contributed by atoms with Crippen molar-refractivity contribution in [3.63, 3.8) is 0 Å². The Labute approximate surface area is 169 Å². The zero-order valence-corrected chi connectivity index (χ0v) is 16.9. The van der Waals surface area contributed by atoms with Crippen LogP contribution in [0.4, 0.5) is 5.69 Å². The van der Waals surface area contributed by atoms with Crippen molar-refractivity contribution >= 4 is 23.6 Å². The third kappa shape index (κ3) is 5.19. The summed E-state index contributed by atoms with van der Waals surface area (Å²) < 4.78 is 15.6. The van der Waals surface area contributed by atoms with Gasteiger partial charge in [0.05, 0.1) is 33.0 Å². The number of hydrogen-bond donors (Lipinski definition) is 1. The lowest BCUT2D eigenvalue weighted by Crippen LogP contribution is -2.35. The van der Waals surface area contributed by atoms with Gasteiger partial charge in [0.2, 0.25) is 5.75 Å². The molecule has 0 saturated carbocycles. The normalized spacial score (nSPS) is 10.9. The van der Waals surface area contributed by atoms with Crippen molar-refractivity contribution in [3.05, 3.63) is 53.2 Å². The van der Waals surface area contributed by atoms with E-state index in [-0.39, 0.29) is 22.8 Å². The second-order valence-electron chi connectivity index (χ2n) is 6.20. The predicted octanol–water partition coefficient (Wildman–Crippen LogP) is 1.30. The van der Waals surface area contributed by atoms with Gasteiger partial charge < -0.3 is 34.3 Å². The first-order chi connectivity index (χ1) is 13.8. The predicted molar refractivity (Wildman–Crippen MR) is 107 cm³/mol. The number of aliphatic carboxylic acids is 1. The number of amides is 1. The molecule has 0 bridgehead atoms. The lowest BCUT2D eigenvalue weighted by Gasteiger charge is -2.15. The molecule has 0 saturated heterocycles. The van der Waals surface area contributed by atoms with Gasteiger partial charge in [0.1, 0.15) is 0 Å². The first kappa shape index (κ1) is 21.6. The van der Waals surface area contributed by atoms with Crippen LogP contribution in [-0.4, -0.2) is 47.3 Å². The molecule has 0 atom stereocenters. The summed E-state index contributed by atoms with van der Waals surface area (Å²) in [4.78, 5) is 26.1.